The first-order valence-electron chi connectivity index (χ1n) is 6.80. The minimum Gasteiger partial charge on any atom is -0.350 e. The zero-order valence-corrected chi connectivity index (χ0v) is 12.9. The number of amides is 1. The topological polar surface area (TPSA) is 55.1 Å². The second-order valence-electron chi connectivity index (χ2n) is 5.58. The van der Waals surface area contributed by atoms with Crippen molar-refractivity contribution in [1.82, 2.24) is 5.32 Å². The lowest BCUT2D eigenvalue weighted by Crippen LogP contribution is -2.42. The van der Waals surface area contributed by atoms with Gasteiger partial charge < -0.3 is 11.1 Å². The summed E-state index contributed by atoms with van der Waals surface area (Å²) in [5.74, 6) is 0.109. The smallest absolute Gasteiger partial charge is 0.221 e. The lowest BCUT2D eigenvalue weighted by Gasteiger charge is -2.40. The first-order valence-corrected chi connectivity index (χ1v) is 7.59. The zero-order chi connectivity index (χ0) is 13.9. The number of nitrogens with two attached hydrogens (primary N) is 1. The Kier molecular flexibility index (Phi) is 4.63. The van der Waals surface area contributed by atoms with Crippen LogP contribution in [0.25, 0.3) is 0 Å². The van der Waals surface area contributed by atoms with Gasteiger partial charge in [-0.2, -0.15) is 0 Å². The Labute approximate surface area is 123 Å². The van der Waals surface area contributed by atoms with Crippen LogP contribution in [-0.4, -0.2) is 12.5 Å². The van der Waals surface area contributed by atoms with Gasteiger partial charge in [0, 0.05) is 10.9 Å². The Balaban J connectivity index is 1.91. The number of carbonyl (C=O) groups excluding carboxylic acids is 1. The second kappa shape index (κ2) is 6.06. The number of hydrogen-bond acceptors (Lipinski definition) is 2. The van der Waals surface area contributed by atoms with Crippen LogP contribution in [0.2, 0.25) is 0 Å². The van der Waals surface area contributed by atoms with E-state index in [4.69, 9.17) is 5.73 Å². The van der Waals surface area contributed by atoms with Crippen molar-refractivity contribution in [3.63, 3.8) is 0 Å². The van der Waals surface area contributed by atoms with Gasteiger partial charge >= 0.3 is 0 Å². The van der Waals surface area contributed by atoms with Crippen LogP contribution in [0.1, 0.15) is 44.2 Å². The number of nitrogens with one attached hydrogen (secondary N) is 1. The summed E-state index contributed by atoms with van der Waals surface area (Å²) < 4.78 is 1.03. The zero-order valence-electron chi connectivity index (χ0n) is 11.3. The van der Waals surface area contributed by atoms with Gasteiger partial charge in [0.2, 0.25) is 5.91 Å². The average molecular weight is 325 g/mol. The normalized spacial score (nSPS) is 18.5. The van der Waals surface area contributed by atoms with Crippen molar-refractivity contribution in [3.8, 4) is 0 Å². The van der Waals surface area contributed by atoms with Crippen molar-refractivity contribution < 1.29 is 4.79 Å². The van der Waals surface area contributed by atoms with E-state index >= 15 is 0 Å². The molecule has 1 aliphatic rings. The molecule has 0 aromatic heterocycles. The van der Waals surface area contributed by atoms with Crippen LogP contribution >= 0.6 is 15.9 Å². The van der Waals surface area contributed by atoms with Crippen molar-refractivity contribution in [2.75, 3.05) is 6.54 Å². The molecule has 0 saturated heterocycles. The SMILES string of the molecule is C[C@H](NC(=O)CC1(CN)CCC1)c1cccc(Br)c1. The molecule has 4 heteroatoms. The number of benzene rings is 1. The Morgan fingerprint density at radius 3 is 2.79 bits per heavy atom. The largest absolute Gasteiger partial charge is 0.350 e. The Bertz CT molecular complexity index is 452. The highest BCUT2D eigenvalue weighted by molar-refractivity contribution is 9.10. The van der Waals surface area contributed by atoms with E-state index in [9.17, 15) is 4.79 Å². The third kappa shape index (κ3) is 3.57. The molecule has 3 N–H and O–H groups in total. The van der Waals surface area contributed by atoms with Gasteiger partial charge in [0.05, 0.1) is 6.04 Å². The third-order valence-electron chi connectivity index (χ3n) is 4.11. The van der Waals surface area contributed by atoms with Crippen LogP contribution in [0, 0.1) is 5.41 Å². The molecule has 1 atom stereocenters. The summed E-state index contributed by atoms with van der Waals surface area (Å²) in [4.78, 5) is 12.1. The molecule has 1 amide bonds. The van der Waals surface area contributed by atoms with Gasteiger partial charge in [-0.05, 0) is 49.4 Å². The van der Waals surface area contributed by atoms with Crippen molar-refractivity contribution in [2.45, 2.75) is 38.6 Å². The molecule has 0 spiro atoms. The molecule has 1 aromatic carbocycles. The van der Waals surface area contributed by atoms with Gasteiger partial charge in [-0.25, -0.2) is 0 Å². The van der Waals surface area contributed by atoms with Crippen molar-refractivity contribution in [1.29, 1.82) is 0 Å². The van der Waals surface area contributed by atoms with E-state index in [1.165, 1.54) is 6.42 Å². The molecule has 1 fully saturated rings. The molecule has 19 heavy (non-hydrogen) atoms. The first kappa shape index (κ1) is 14.5. The van der Waals surface area contributed by atoms with E-state index in [1.807, 2.05) is 31.2 Å². The van der Waals surface area contributed by atoms with Crippen LogP contribution < -0.4 is 11.1 Å². The molecule has 0 aliphatic heterocycles. The van der Waals surface area contributed by atoms with Crippen molar-refractivity contribution in [3.05, 3.63) is 34.3 Å². The van der Waals surface area contributed by atoms with Gasteiger partial charge in [-0.1, -0.05) is 34.5 Å². The van der Waals surface area contributed by atoms with Crippen LogP contribution in [0.5, 0.6) is 0 Å². The highest BCUT2D eigenvalue weighted by Gasteiger charge is 2.37. The van der Waals surface area contributed by atoms with Gasteiger partial charge in [0.15, 0.2) is 0 Å². The minimum atomic E-state index is 0.0277. The summed E-state index contributed by atoms with van der Waals surface area (Å²) in [6, 6.07) is 8.05. The average Bonchev–Trinajstić information content (AvgIpc) is 2.34. The fraction of sp³-hybridized carbons (Fsp3) is 0.533. The molecule has 104 valence electrons. The maximum atomic E-state index is 12.1. The number of hydrogen-bond donors (Lipinski definition) is 2. The van der Waals surface area contributed by atoms with Crippen molar-refractivity contribution >= 4 is 21.8 Å². The van der Waals surface area contributed by atoms with Crippen LogP contribution in [0.15, 0.2) is 28.7 Å². The molecule has 0 unspecified atom stereocenters. The van der Waals surface area contributed by atoms with Gasteiger partial charge in [-0.15, -0.1) is 0 Å². The molecule has 0 heterocycles. The van der Waals surface area contributed by atoms with Crippen LogP contribution in [-0.2, 0) is 4.79 Å². The van der Waals surface area contributed by atoms with Gasteiger partial charge in [0.25, 0.3) is 0 Å². The molecule has 2 rings (SSSR count). The number of carbonyl (C=O) groups is 1. The molecule has 1 aliphatic carbocycles. The predicted octanol–water partition coefficient (Wildman–Crippen LogP) is 3.15. The van der Waals surface area contributed by atoms with E-state index in [-0.39, 0.29) is 17.4 Å². The first-order chi connectivity index (χ1) is 9.04. The lowest BCUT2D eigenvalue weighted by molar-refractivity contribution is -0.125. The van der Waals surface area contributed by atoms with E-state index in [2.05, 4.69) is 21.2 Å². The van der Waals surface area contributed by atoms with Gasteiger partial charge in [0.1, 0.15) is 0 Å². The molecule has 0 radical (unpaired) electrons. The molecule has 3 nitrogen and oxygen atoms in total. The predicted molar refractivity (Wildman–Crippen MR) is 80.7 cm³/mol. The summed E-state index contributed by atoms with van der Waals surface area (Å²) in [7, 11) is 0. The Morgan fingerprint density at radius 2 is 2.26 bits per heavy atom. The molecular formula is C15H21BrN2O. The summed E-state index contributed by atoms with van der Waals surface area (Å²) in [6.45, 7) is 2.63. The maximum absolute atomic E-state index is 12.1. The quantitative estimate of drug-likeness (QED) is 0.874. The Morgan fingerprint density at radius 1 is 1.53 bits per heavy atom. The highest BCUT2D eigenvalue weighted by Crippen LogP contribution is 2.42. The van der Waals surface area contributed by atoms with Crippen LogP contribution in [0.3, 0.4) is 0 Å². The van der Waals surface area contributed by atoms with Gasteiger partial charge in [-0.3, -0.25) is 4.79 Å². The third-order valence-corrected chi connectivity index (χ3v) is 4.60. The lowest BCUT2D eigenvalue weighted by atomic mass is 9.66. The summed E-state index contributed by atoms with van der Waals surface area (Å²) in [5.41, 5.74) is 6.97. The highest BCUT2D eigenvalue weighted by atomic mass is 79.9. The van der Waals surface area contributed by atoms with Crippen molar-refractivity contribution in [2.24, 2.45) is 11.1 Å². The van der Waals surface area contributed by atoms with E-state index in [0.717, 1.165) is 22.9 Å². The maximum Gasteiger partial charge on any atom is 0.221 e. The summed E-state index contributed by atoms with van der Waals surface area (Å²) in [5, 5.41) is 3.07. The molecular weight excluding hydrogens is 304 g/mol. The van der Waals surface area contributed by atoms with E-state index in [0.29, 0.717) is 13.0 Å². The summed E-state index contributed by atoms with van der Waals surface area (Å²) >= 11 is 3.45. The number of rotatable bonds is 5. The monoisotopic (exact) mass is 324 g/mol. The fourth-order valence-electron chi connectivity index (χ4n) is 2.62. The Hall–Kier alpha value is -0.870. The van der Waals surface area contributed by atoms with E-state index in [1.54, 1.807) is 0 Å². The molecule has 1 aromatic rings. The van der Waals surface area contributed by atoms with Crippen LogP contribution in [0.4, 0.5) is 0 Å². The second-order valence-corrected chi connectivity index (χ2v) is 6.49. The number of halogens is 1. The fourth-order valence-corrected chi connectivity index (χ4v) is 3.04. The molecule has 0 bridgehead atoms. The van der Waals surface area contributed by atoms with E-state index < -0.39 is 0 Å². The summed E-state index contributed by atoms with van der Waals surface area (Å²) in [6.07, 6.45) is 3.93. The standard InChI is InChI=1S/C15H21BrN2O/c1-11(12-4-2-5-13(16)8-12)18-14(19)9-15(10-17)6-3-7-15/h2,4-5,8,11H,3,6-7,9-10,17H2,1H3,(H,18,19)/t11-/m0/s1. The minimum absolute atomic E-state index is 0.0277. The molecule has 1 saturated carbocycles.